The minimum atomic E-state index is -0.216. The molecule has 5 heteroatoms. The summed E-state index contributed by atoms with van der Waals surface area (Å²) in [7, 11) is 0. The number of aliphatic hydroxyl groups is 2. The van der Waals surface area contributed by atoms with E-state index >= 15 is 0 Å². The number of ether oxygens (including phenoxy) is 1. The molecule has 0 bridgehead atoms. The lowest BCUT2D eigenvalue weighted by Gasteiger charge is -2.21. The Morgan fingerprint density at radius 1 is 1.25 bits per heavy atom. The van der Waals surface area contributed by atoms with Crippen LogP contribution in [0.3, 0.4) is 0 Å². The number of nitrogens with zero attached hydrogens (tertiary/aromatic N) is 1. The van der Waals surface area contributed by atoms with E-state index in [0.717, 1.165) is 5.56 Å². The van der Waals surface area contributed by atoms with Crippen molar-refractivity contribution in [3.05, 3.63) is 29.3 Å². The first-order valence-corrected chi connectivity index (χ1v) is 6.90. The van der Waals surface area contributed by atoms with Crippen LogP contribution in [0.1, 0.15) is 35.7 Å². The first kappa shape index (κ1) is 14.8. The van der Waals surface area contributed by atoms with Gasteiger partial charge in [0.2, 0.25) is 0 Å². The molecule has 1 heterocycles. The second kappa shape index (κ2) is 6.24. The van der Waals surface area contributed by atoms with Crippen LogP contribution >= 0.6 is 0 Å². The molecule has 2 rings (SSSR count). The van der Waals surface area contributed by atoms with Crippen molar-refractivity contribution in [2.75, 3.05) is 26.3 Å². The van der Waals surface area contributed by atoms with Gasteiger partial charge in [0.25, 0.3) is 5.91 Å². The Morgan fingerprint density at radius 2 is 1.90 bits per heavy atom. The summed E-state index contributed by atoms with van der Waals surface area (Å²) in [5.41, 5.74) is 1.54. The molecule has 2 unspecified atom stereocenters. The molecule has 0 saturated heterocycles. The largest absolute Gasteiger partial charge is 0.489 e. The molecule has 5 nitrogen and oxygen atoms in total. The maximum absolute atomic E-state index is 12.5. The fourth-order valence-corrected chi connectivity index (χ4v) is 2.48. The molecule has 2 atom stereocenters. The summed E-state index contributed by atoms with van der Waals surface area (Å²) in [6.45, 7) is 4.20. The Labute approximate surface area is 118 Å². The fraction of sp³-hybridized carbons (Fsp3) is 0.533. The van der Waals surface area contributed by atoms with Crippen molar-refractivity contribution >= 4 is 5.91 Å². The number of carbonyl (C=O) groups excluding carboxylic acids is 1. The second-order valence-electron chi connectivity index (χ2n) is 5.07. The van der Waals surface area contributed by atoms with Crippen LogP contribution in [0.5, 0.6) is 5.75 Å². The van der Waals surface area contributed by atoms with Crippen LogP contribution < -0.4 is 4.74 Å². The predicted octanol–water partition coefficient (Wildman–Crippen LogP) is 0.998. The third kappa shape index (κ3) is 2.64. The molecule has 0 spiro atoms. The van der Waals surface area contributed by atoms with E-state index in [9.17, 15) is 4.79 Å². The Morgan fingerprint density at radius 3 is 2.50 bits per heavy atom. The summed E-state index contributed by atoms with van der Waals surface area (Å²) in [5, 5.41) is 18.1. The van der Waals surface area contributed by atoms with E-state index in [1.807, 2.05) is 19.1 Å². The first-order chi connectivity index (χ1) is 9.60. The molecule has 1 aromatic rings. The molecular weight excluding hydrogens is 258 g/mol. The average Bonchev–Trinajstić information content (AvgIpc) is 2.73. The van der Waals surface area contributed by atoms with Crippen molar-refractivity contribution in [2.24, 2.45) is 0 Å². The van der Waals surface area contributed by atoms with Gasteiger partial charge in [-0.1, -0.05) is 19.1 Å². The van der Waals surface area contributed by atoms with Gasteiger partial charge in [-0.3, -0.25) is 4.79 Å². The zero-order valence-corrected chi connectivity index (χ0v) is 11.9. The molecule has 110 valence electrons. The number of para-hydroxylation sites is 1. The monoisotopic (exact) mass is 279 g/mol. The highest BCUT2D eigenvalue weighted by Crippen LogP contribution is 2.40. The van der Waals surface area contributed by atoms with Gasteiger partial charge in [0.05, 0.1) is 18.8 Å². The highest BCUT2D eigenvalue weighted by Gasteiger charge is 2.32. The van der Waals surface area contributed by atoms with Crippen molar-refractivity contribution < 1.29 is 19.7 Å². The lowest BCUT2D eigenvalue weighted by Crippen LogP contribution is -2.36. The van der Waals surface area contributed by atoms with Crippen LogP contribution in [-0.4, -0.2) is 53.4 Å². The second-order valence-corrected chi connectivity index (χ2v) is 5.07. The van der Waals surface area contributed by atoms with Crippen molar-refractivity contribution in [1.29, 1.82) is 0 Å². The van der Waals surface area contributed by atoms with Gasteiger partial charge in [0.1, 0.15) is 11.9 Å². The Balaban J connectivity index is 2.32. The maximum atomic E-state index is 12.5. The number of benzene rings is 1. The molecule has 0 aliphatic carbocycles. The number of carbonyl (C=O) groups is 1. The zero-order valence-electron chi connectivity index (χ0n) is 11.9. The van der Waals surface area contributed by atoms with Crippen LogP contribution in [0, 0.1) is 0 Å². The zero-order chi connectivity index (χ0) is 14.7. The summed E-state index contributed by atoms with van der Waals surface area (Å²) in [6, 6.07) is 5.55. The molecule has 1 aliphatic rings. The highest BCUT2D eigenvalue weighted by atomic mass is 16.5. The van der Waals surface area contributed by atoms with Crippen LogP contribution in [0.15, 0.2) is 18.2 Å². The fourth-order valence-electron chi connectivity index (χ4n) is 2.48. The predicted molar refractivity (Wildman–Crippen MR) is 75.0 cm³/mol. The summed E-state index contributed by atoms with van der Waals surface area (Å²) in [4.78, 5) is 14.0. The van der Waals surface area contributed by atoms with Crippen molar-refractivity contribution in [3.8, 4) is 5.75 Å². The molecule has 0 saturated carbocycles. The van der Waals surface area contributed by atoms with E-state index in [1.54, 1.807) is 6.07 Å². The lowest BCUT2D eigenvalue weighted by atomic mass is 9.96. The third-order valence-electron chi connectivity index (χ3n) is 3.80. The van der Waals surface area contributed by atoms with Crippen molar-refractivity contribution in [1.82, 2.24) is 4.90 Å². The van der Waals surface area contributed by atoms with Gasteiger partial charge in [-0.25, -0.2) is 0 Å². The van der Waals surface area contributed by atoms with Crippen molar-refractivity contribution in [2.45, 2.75) is 25.9 Å². The lowest BCUT2D eigenvalue weighted by molar-refractivity contribution is 0.0679. The van der Waals surface area contributed by atoms with Gasteiger partial charge in [-0.15, -0.1) is 0 Å². The molecule has 2 N–H and O–H groups in total. The van der Waals surface area contributed by atoms with Crippen LogP contribution in [-0.2, 0) is 0 Å². The number of aliphatic hydroxyl groups excluding tert-OH is 2. The van der Waals surface area contributed by atoms with Crippen molar-refractivity contribution in [3.63, 3.8) is 0 Å². The number of hydrogen-bond acceptors (Lipinski definition) is 4. The Hall–Kier alpha value is -1.59. The smallest absolute Gasteiger partial charge is 0.257 e. The van der Waals surface area contributed by atoms with E-state index in [4.69, 9.17) is 14.9 Å². The Kier molecular flexibility index (Phi) is 4.62. The number of rotatable bonds is 5. The van der Waals surface area contributed by atoms with Gasteiger partial charge in [-0.05, 0) is 13.0 Å². The van der Waals surface area contributed by atoms with Crippen LogP contribution in [0.25, 0.3) is 0 Å². The maximum Gasteiger partial charge on any atom is 0.257 e. The summed E-state index contributed by atoms with van der Waals surface area (Å²) in [6.07, 6.45) is 0.0445. The highest BCUT2D eigenvalue weighted by molar-refractivity contribution is 5.97. The Bertz CT molecular complexity index is 483. The molecule has 1 amide bonds. The van der Waals surface area contributed by atoms with E-state index in [0.29, 0.717) is 11.3 Å². The summed E-state index contributed by atoms with van der Waals surface area (Å²) in [5.74, 6) is 0.673. The third-order valence-corrected chi connectivity index (χ3v) is 3.80. The van der Waals surface area contributed by atoms with E-state index < -0.39 is 0 Å². The van der Waals surface area contributed by atoms with Gasteiger partial charge in [0.15, 0.2) is 0 Å². The topological polar surface area (TPSA) is 70.0 Å². The normalized spacial score (nSPS) is 20.4. The van der Waals surface area contributed by atoms with Gasteiger partial charge in [0, 0.05) is 24.6 Å². The molecular formula is C15H21NO4. The standard InChI is InChI=1S/C15H21NO4/c1-10-11(2)20-14-12(10)4-3-5-13(14)15(19)16(6-8-17)7-9-18/h3-5,10-11,17-18H,6-9H2,1-2H3. The minimum absolute atomic E-state index is 0.0445. The average molecular weight is 279 g/mol. The van der Waals surface area contributed by atoms with E-state index in [1.165, 1.54) is 4.90 Å². The van der Waals surface area contributed by atoms with Gasteiger partial charge in [-0.2, -0.15) is 0 Å². The van der Waals surface area contributed by atoms with Gasteiger partial charge >= 0.3 is 0 Å². The molecule has 20 heavy (non-hydrogen) atoms. The minimum Gasteiger partial charge on any atom is -0.489 e. The summed E-state index contributed by atoms with van der Waals surface area (Å²) >= 11 is 0. The molecule has 0 radical (unpaired) electrons. The van der Waals surface area contributed by atoms with E-state index in [-0.39, 0.29) is 44.2 Å². The van der Waals surface area contributed by atoms with E-state index in [2.05, 4.69) is 6.92 Å². The van der Waals surface area contributed by atoms with Crippen LogP contribution in [0.2, 0.25) is 0 Å². The first-order valence-electron chi connectivity index (χ1n) is 6.90. The molecule has 1 aromatic carbocycles. The molecule has 0 fully saturated rings. The quantitative estimate of drug-likeness (QED) is 0.843. The SMILES string of the molecule is CC1Oc2c(C(=O)N(CCO)CCO)cccc2C1C. The number of hydrogen-bond donors (Lipinski definition) is 2. The van der Waals surface area contributed by atoms with Crippen LogP contribution in [0.4, 0.5) is 0 Å². The number of fused-ring (bicyclic) bond motifs is 1. The molecule has 0 aromatic heterocycles. The summed E-state index contributed by atoms with van der Waals surface area (Å²) < 4.78 is 5.81. The number of amides is 1. The van der Waals surface area contributed by atoms with Gasteiger partial charge < -0.3 is 19.8 Å². The molecule has 1 aliphatic heterocycles.